The Hall–Kier alpha value is -2.99. The fourth-order valence-electron chi connectivity index (χ4n) is 4.85. The lowest BCUT2D eigenvalue weighted by Crippen LogP contribution is -2.53. The van der Waals surface area contributed by atoms with Crippen molar-refractivity contribution in [3.8, 4) is 0 Å². The van der Waals surface area contributed by atoms with Crippen molar-refractivity contribution >= 4 is 25.4 Å². The van der Waals surface area contributed by atoms with Crippen LogP contribution in [-0.2, 0) is 9.16 Å². The van der Waals surface area contributed by atoms with Gasteiger partial charge in [0.15, 0.2) is 0 Å². The smallest absolute Gasteiger partial charge is 0.338 e. The van der Waals surface area contributed by atoms with Crippen LogP contribution in [0.3, 0.4) is 0 Å². The molecule has 0 spiro atoms. The molecule has 0 aliphatic heterocycles. The highest BCUT2D eigenvalue weighted by Crippen LogP contribution is 2.43. The number of carbonyl (C=O) groups excluding carboxylic acids is 1. The molecule has 0 heterocycles. The van der Waals surface area contributed by atoms with E-state index in [1.807, 2.05) is 54.6 Å². The molecule has 35 heavy (non-hydrogen) atoms. The third-order valence-corrected chi connectivity index (χ3v) is 9.19. The summed E-state index contributed by atoms with van der Waals surface area (Å²) in [4.78, 5) is 12.9. The first-order valence-electron chi connectivity index (χ1n) is 12.1. The zero-order valence-corrected chi connectivity index (χ0v) is 21.8. The molecule has 0 bridgehead atoms. The van der Waals surface area contributed by atoms with Crippen molar-refractivity contribution in [3.05, 3.63) is 109 Å². The second kappa shape index (κ2) is 10.7. The van der Waals surface area contributed by atoms with E-state index in [2.05, 4.69) is 51.6 Å². The second-order valence-electron chi connectivity index (χ2n) is 10.3. The fraction of sp³-hybridized carbons (Fsp3) is 0.300. The van der Waals surface area contributed by atoms with Crippen LogP contribution in [0.5, 0.6) is 0 Å². The molecule has 4 atom stereocenters. The number of hydrogen-bond donors (Lipinski definition) is 1. The van der Waals surface area contributed by atoms with Crippen LogP contribution in [0.2, 0.25) is 0 Å². The summed E-state index contributed by atoms with van der Waals surface area (Å²) in [7, 11) is -2.10. The minimum absolute atomic E-state index is 0.288. The highest BCUT2D eigenvalue weighted by atomic mass is 28.3. The minimum atomic E-state index is -2.10. The molecule has 4 nitrogen and oxygen atoms in total. The molecule has 1 saturated carbocycles. The van der Waals surface area contributed by atoms with Gasteiger partial charge in [0.2, 0.25) is 9.04 Å². The molecule has 1 N–H and O–H groups in total. The Morgan fingerprint density at radius 3 is 1.89 bits per heavy atom. The Labute approximate surface area is 210 Å². The van der Waals surface area contributed by atoms with Gasteiger partial charge in [-0.15, -0.1) is 0 Å². The summed E-state index contributed by atoms with van der Waals surface area (Å²) >= 11 is 0. The van der Waals surface area contributed by atoms with E-state index in [0.29, 0.717) is 17.6 Å². The lowest BCUT2D eigenvalue weighted by molar-refractivity contribution is -0.0220. The number of benzene rings is 3. The average Bonchev–Trinajstić information content (AvgIpc) is 3.13. The van der Waals surface area contributed by atoms with E-state index in [0.717, 1.165) is 0 Å². The lowest BCUT2D eigenvalue weighted by Gasteiger charge is -2.40. The van der Waals surface area contributed by atoms with Crippen LogP contribution in [0.15, 0.2) is 103 Å². The molecule has 1 aliphatic carbocycles. The van der Waals surface area contributed by atoms with Crippen molar-refractivity contribution < 1.29 is 19.1 Å². The lowest BCUT2D eigenvalue weighted by atomic mass is 9.78. The topological polar surface area (TPSA) is 55.8 Å². The first-order chi connectivity index (χ1) is 16.8. The zero-order valence-electron chi connectivity index (χ0n) is 20.6. The van der Waals surface area contributed by atoms with Crippen LogP contribution in [-0.4, -0.2) is 38.4 Å². The summed E-state index contributed by atoms with van der Waals surface area (Å²) in [5.74, 6) is -0.713. The molecule has 5 heteroatoms. The van der Waals surface area contributed by atoms with Gasteiger partial charge in [0.05, 0.1) is 17.8 Å². The summed E-state index contributed by atoms with van der Waals surface area (Å²) in [5, 5.41) is 13.1. The molecule has 0 aromatic heterocycles. The summed E-state index contributed by atoms with van der Waals surface area (Å²) in [6.45, 7) is 10.6. The van der Waals surface area contributed by atoms with Crippen LogP contribution in [0.25, 0.3) is 0 Å². The third kappa shape index (κ3) is 5.81. The molecular weight excluding hydrogens is 452 g/mol. The van der Waals surface area contributed by atoms with Gasteiger partial charge in [-0.25, -0.2) is 4.79 Å². The number of carbonyl (C=O) groups is 1. The van der Waals surface area contributed by atoms with Crippen molar-refractivity contribution in [2.75, 3.05) is 0 Å². The Bertz CT molecular complexity index is 1090. The van der Waals surface area contributed by atoms with E-state index >= 15 is 0 Å². The molecule has 0 saturated heterocycles. The Morgan fingerprint density at radius 2 is 1.40 bits per heavy atom. The highest BCUT2D eigenvalue weighted by molar-refractivity contribution is 6.80. The molecule has 1 fully saturated rings. The maximum Gasteiger partial charge on any atom is 0.338 e. The van der Waals surface area contributed by atoms with Crippen LogP contribution >= 0.6 is 0 Å². The van der Waals surface area contributed by atoms with Crippen LogP contribution < -0.4 is 10.4 Å². The van der Waals surface area contributed by atoms with Gasteiger partial charge in [-0.3, -0.25) is 0 Å². The number of aliphatic hydroxyl groups is 1. The molecular formula is C30H34O4Si. The molecule has 3 aromatic rings. The van der Waals surface area contributed by atoms with Gasteiger partial charge in [-0.1, -0.05) is 106 Å². The van der Waals surface area contributed by atoms with Crippen LogP contribution in [0.1, 0.15) is 37.6 Å². The summed E-state index contributed by atoms with van der Waals surface area (Å²) < 4.78 is 13.1. The fourth-order valence-corrected chi connectivity index (χ4v) is 7.56. The Balaban J connectivity index is 1.68. The number of rotatable bonds is 7. The quantitative estimate of drug-likeness (QED) is 0.310. The van der Waals surface area contributed by atoms with E-state index in [1.165, 1.54) is 10.4 Å². The predicted octanol–water partition coefficient (Wildman–Crippen LogP) is 4.12. The van der Waals surface area contributed by atoms with Gasteiger partial charge in [-0.05, 0) is 33.5 Å². The molecule has 0 amide bonds. The molecule has 182 valence electrons. The summed E-state index contributed by atoms with van der Waals surface area (Å²) in [6, 6.07) is 29.6. The second-order valence-corrected chi connectivity index (χ2v) is 12.7. The normalized spacial score (nSPS) is 21.2. The molecule has 4 rings (SSSR count). The zero-order chi connectivity index (χ0) is 25.0. The maximum absolute atomic E-state index is 12.9. The van der Waals surface area contributed by atoms with Crippen molar-refractivity contribution in [3.63, 3.8) is 0 Å². The van der Waals surface area contributed by atoms with Gasteiger partial charge in [-0.2, -0.15) is 0 Å². The molecule has 0 radical (unpaired) electrons. The summed E-state index contributed by atoms with van der Waals surface area (Å²) in [6.07, 6.45) is -1.25. The van der Waals surface area contributed by atoms with Gasteiger partial charge < -0.3 is 14.3 Å². The van der Waals surface area contributed by atoms with Crippen molar-refractivity contribution in [2.45, 2.75) is 45.5 Å². The molecule has 3 aromatic carbocycles. The predicted molar refractivity (Wildman–Crippen MR) is 143 cm³/mol. The van der Waals surface area contributed by atoms with Gasteiger partial charge in [0.25, 0.3) is 0 Å². The van der Waals surface area contributed by atoms with Crippen LogP contribution in [0, 0.1) is 11.3 Å². The van der Waals surface area contributed by atoms with Crippen molar-refractivity contribution in [2.24, 2.45) is 11.3 Å². The highest BCUT2D eigenvalue weighted by Gasteiger charge is 2.48. The molecule has 1 unspecified atom stereocenters. The largest absolute Gasteiger partial charge is 0.458 e. The van der Waals surface area contributed by atoms with Crippen molar-refractivity contribution in [1.29, 1.82) is 0 Å². The number of ether oxygens (including phenoxy) is 1. The van der Waals surface area contributed by atoms with Gasteiger partial charge in [0, 0.05) is 12.3 Å². The first kappa shape index (κ1) is 25.1. The molecule has 1 aliphatic rings. The monoisotopic (exact) mass is 486 g/mol. The standard InChI is InChI=1S/C30H34O4Si/c1-21-25(31)20-26(33-29(32)22-14-8-5-9-15-22)27(21)28(30(2,3)4)34-35(23-16-10-6-11-17-23)24-18-12-7-13-19-24/h5-19,25-28,31,35H,1,20H2,2-4H3/t25-,26+,27-,28?/m1/s1. The number of hydrogen-bond acceptors (Lipinski definition) is 4. The Morgan fingerprint density at radius 1 is 0.914 bits per heavy atom. The average molecular weight is 487 g/mol. The van der Waals surface area contributed by atoms with E-state index < -0.39 is 27.2 Å². The van der Waals surface area contributed by atoms with E-state index in [9.17, 15) is 9.90 Å². The third-order valence-electron chi connectivity index (χ3n) is 6.65. The Kier molecular flexibility index (Phi) is 7.70. The van der Waals surface area contributed by atoms with Gasteiger partial charge >= 0.3 is 5.97 Å². The SMILES string of the molecule is C=C1[C@H](O)C[C@H](OC(=O)c2ccccc2)[C@@H]1C(O[SiH](c1ccccc1)c1ccccc1)C(C)(C)C. The number of aliphatic hydroxyl groups excluding tert-OH is 1. The van der Waals surface area contributed by atoms with E-state index in [4.69, 9.17) is 9.16 Å². The first-order valence-corrected chi connectivity index (χ1v) is 13.8. The number of esters is 1. The van der Waals surface area contributed by atoms with Crippen LogP contribution in [0.4, 0.5) is 0 Å². The van der Waals surface area contributed by atoms with Crippen molar-refractivity contribution in [1.82, 2.24) is 0 Å². The van der Waals surface area contributed by atoms with E-state index in [1.54, 1.807) is 12.1 Å². The maximum atomic E-state index is 12.9. The van der Waals surface area contributed by atoms with Gasteiger partial charge in [0.1, 0.15) is 6.10 Å². The van der Waals surface area contributed by atoms with E-state index in [-0.39, 0.29) is 17.4 Å². The summed E-state index contributed by atoms with van der Waals surface area (Å²) in [5.41, 5.74) is 0.876. The minimum Gasteiger partial charge on any atom is -0.458 e.